The molecule has 1 aromatic heterocycles. The standard InChI is InChI=1S/C12H13ClN2O/c1-15-11(5-6-14-15)12(16)8-9-3-2-4-10(13)7-9/h2-7,12,16H,8H2,1H3. The van der Waals surface area contributed by atoms with Crippen molar-refractivity contribution >= 4 is 11.6 Å². The van der Waals surface area contributed by atoms with Crippen molar-refractivity contribution in [1.82, 2.24) is 9.78 Å². The highest BCUT2D eigenvalue weighted by Crippen LogP contribution is 2.19. The summed E-state index contributed by atoms with van der Waals surface area (Å²) in [6, 6.07) is 9.33. The highest BCUT2D eigenvalue weighted by molar-refractivity contribution is 6.30. The summed E-state index contributed by atoms with van der Waals surface area (Å²) in [5, 5.41) is 14.7. The van der Waals surface area contributed by atoms with Crippen LogP contribution in [0, 0.1) is 0 Å². The van der Waals surface area contributed by atoms with E-state index in [2.05, 4.69) is 5.10 Å². The molecule has 4 heteroatoms. The zero-order chi connectivity index (χ0) is 11.5. The lowest BCUT2D eigenvalue weighted by Crippen LogP contribution is -2.07. The van der Waals surface area contributed by atoms with Crippen LogP contribution in [-0.2, 0) is 13.5 Å². The third-order valence-corrected chi connectivity index (χ3v) is 2.75. The van der Waals surface area contributed by atoms with Gasteiger partial charge in [-0.1, -0.05) is 23.7 Å². The van der Waals surface area contributed by atoms with Crippen molar-refractivity contribution in [2.75, 3.05) is 0 Å². The number of aryl methyl sites for hydroxylation is 1. The number of hydrogen-bond donors (Lipinski definition) is 1. The third-order valence-electron chi connectivity index (χ3n) is 2.52. The van der Waals surface area contributed by atoms with E-state index < -0.39 is 6.10 Å². The van der Waals surface area contributed by atoms with E-state index in [9.17, 15) is 5.11 Å². The first-order valence-corrected chi connectivity index (χ1v) is 5.45. The summed E-state index contributed by atoms with van der Waals surface area (Å²) in [6.07, 6.45) is 1.67. The van der Waals surface area contributed by atoms with E-state index >= 15 is 0 Å². The average molecular weight is 237 g/mol. The highest BCUT2D eigenvalue weighted by Gasteiger charge is 2.12. The van der Waals surface area contributed by atoms with Crippen molar-refractivity contribution in [2.45, 2.75) is 12.5 Å². The van der Waals surface area contributed by atoms with Crippen molar-refractivity contribution in [2.24, 2.45) is 7.05 Å². The van der Waals surface area contributed by atoms with E-state index in [1.807, 2.05) is 37.4 Å². The van der Waals surface area contributed by atoms with Crippen LogP contribution >= 0.6 is 11.6 Å². The van der Waals surface area contributed by atoms with Crippen molar-refractivity contribution in [3.05, 3.63) is 52.8 Å². The molecule has 0 spiro atoms. The van der Waals surface area contributed by atoms with Crippen LogP contribution in [0.4, 0.5) is 0 Å². The topological polar surface area (TPSA) is 38.0 Å². The largest absolute Gasteiger partial charge is 0.386 e. The van der Waals surface area contributed by atoms with Gasteiger partial charge in [-0.25, -0.2) is 0 Å². The zero-order valence-electron chi connectivity index (χ0n) is 8.97. The van der Waals surface area contributed by atoms with Gasteiger partial charge < -0.3 is 5.11 Å². The summed E-state index contributed by atoms with van der Waals surface area (Å²) in [5.74, 6) is 0. The minimum absolute atomic E-state index is 0.542. The Kier molecular flexibility index (Phi) is 3.27. The van der Waals surface area contributed by atoms with Crippen molar-refractivity contribution in [1.29, 1.82) is 0 Å². The first-order valence-electron chi connectivity index (χ1n) is 5.07. The van der Waals surface area contributed by atoms with Gasteiger partial charge in [0, 0.05) is 24.7 Å². The molecule has 0 aliphatic rings. The van der Waals surface area contributed by atoms with Gasteiger partial charge in [-0.2, -0.15) is 5.10 Å². The van der Waals surface area contributed by atoms with Crippen LogP contribution in [0.15, 0.2) is 36.5 Å². The van der Waals surface area contributed by atoms with Crippen molar-refractivity contribution < 1.29 is 5.11 Å². The molecular weight excluding hydrogens is 224 g/mol. The molecule has 0 aliphatic carbocycles. The van der Waals surface area contributed by atoms with Gasteiger partial charge in [0.15, 0.2) is 0 Å². The van der Waals surface area contributed by atoms with Crippen LogP contribution in [-0.4, -0.2) is 14.9 Å². The summed E-state index contributed by atoms with van der Waals surface area (Å²) in [4.78, 5) is 0. The number of halogens is 1. The van der Waals surface area contributed by atoms with E-state index in [0.29, 0.717) is 11.4 Å². The first kappa shape index (κ1) is 11.2. The van der Waals surface area contributed by atoms with Crippen LogP contribution in [0.1, 0.15) is 17.4 Å². The van der Waals surface area contributed by atoms with Crippen LogP contribution < -0.4 is 0 Å². The molecule has 1 N–H and O–H groups in total. The van der Waals surface area contributed by atoms with Gasteiger partial charge in [-0.15, -0.1) is 0 Å². The Morgan fingerprint density at radius 1 is 1.44 bits per heavy atom. The quantitative estimate of drug-likeness (QED) is 0.889. The van der Waals surface area contributed by atoms with Gasteiger partial charge in [0.2, 0.25) is 0 Å². The summed E-state index contributed by atoms with van der Waals surface area (Å²) in [5.41, 5.74) is 1.82. The Labute approximate surface area is 99.3 Å². The van der Waals surface area contributed by atoms with Gasteiger partial charge in [-0.3, -0.25) is 4.68 Å². The number of aliphatic hydroxyl groups excluding tert-OH is 1. The Morgan fingerprint density at radius 2 is 2.25 bits per heavy atom. The Balaban J connectivity index is 2.14. The average Bonchev–Trinajstić information content (AvgIpc) is 2.64. The molecule has 0 radical (unpaired) electrons. The first-order chi connectivity index (χ1) is 7.66. The summed E-state index contributed by atoms with van der Waals surface area (Å²) >= 11 is 5.89. The molecule has 1 aromatic carbocycles. The smallest absolute Gasteiger partial charge is 0.0996 e. The normalized spacial score (nSPS) is 12.7. The highest BCUT2D eigenvalue weighted by atomic mass is 35.5. The predicted molar refractivity (Wildman–Crippen MR) is 63.3 cm³/mol. The fraction of sp³-hybridized carbons (Fsp3) is 0.250. The predicted octanol–water partition coefficient (Wildman–Crippen LogP) is 2.35. The summed E-state index contributed by atoms with van der Waals surface area (Å²) < 4.78 is 1.68. The van der Waals surface area contributed by atoms with Crippen LogP contribution in [0.25, 0.3) is 0 Å². The SMILES string of the molecule is Cn1nccc1C(O)Cc1cccc(Cl)c1. The number of rotatable bonds is 3. The Bertz CT molecular complexity index is 481. The molecule has 0 saturated heterocycles. The minimum atomic E-state index is -0.550. The third kappa shape index (κ3) is 2.43. The van der Waals surface area contributed by atoms with Gasteiger partial charge >= 0.3 is 0 Å². The number of nitrogens with zero attached hydrogens (tertiary/aromatic N) is 2. The minimum Gasteiger partial charge on any atom is -0.386 e. The van der Waals surface area contributed by atoms with E-state index in [1.54, 1.807) is 10.9 Å². The Morgan fingerprint density at radius 3 is 2.88 bits per heavy atom. The molecule has 0 saturated carbocycles. The number of aromatic nitrogens is 2. The molecule has 16 heavy (non-hydrogen) atoms. The summed E-state index contributed by atoms with van der Waals surface area (Å²) in [6.45, 7) is 0. The van der Waals surface area contributed by atoms with Crippen molar-refractivity contribution in [3.8, 4) is 0 Å². The molecule has 1 unspecified atom stereocenters. The van der Waals surface area contributed by atoms with E-state index in [-0.39, 0.29) is 0 Å². The van der Waals surface area contributed by atoms with E-state index in [1.165, 1.54) is 0 Å². The molecule has 1 atom stereocenters. The van der Waals surface area contributed by atoms with Crippen LogP contribution in [0.2, 0.25) is 5.02 Å². The lowest BCUT2D eigenvalue weighted by atomic mass is 10.1. The lowest BCUT2D eigenvalue weighted by Gasteiger charge is -2.11. The molecule has 0 bridgehead atoms. The molecule has 3 nitrogen and oxygen atoms in total. The fourth-order valence-electron chi connectivity index (χ4n) is 1.70. The second-order valence-electron chi connectivity index (χ2n) is 3.73. The maximum Gasteiger partial charge on any atom is 0.0996 e. The monoisotopic (exact) mass is 236 g/mol. The van der Waals surface area contributed by atoms with Crippen LogP contribution in [0.5, 0.6) is 0 Å². The fourth-order valence-corrected chi connectivity index (χ4v) is 1.92. The molecule has 2 rings (SSSR count). The Hall–Kier alpha value is -1.32. The molecule has 0 aliphatic heterocycles. The maximum atomic E-state index is 10.0. The second kappa shape index (κ2) is 4.68. The molecule has 1 heterocycles. The van der Waals surface area contributed by atoms with Gasteiger partial charge in [0.1, 0.15) is 0 Å². The molecule has 2 aromatic rings. The summed E-state index contributed by atoms with van der Waals surface area (Å²) in [7, 11) is 1.82. The second-order valence-corrected chi connectivity index (χ2v) is 4.17. The van der Waals surface area contributed by atoms with Crippen LogP contribution in [0.3, 0.4) is 0 Å². The van der Waals surface area contributed by atoms with Gasteiger partial charge in [0.25, 0.3) is 0 Å². The number of aliphatic hydroxyl groups is 1. The molecule has 0 amide bonds. The van der Waals surface area contributed by atoms with Crippen molar-refractivity contribution in [3.63, 3.8) is 0 Å². The lowest BCUT2D eigenvalue weighted by molar-refractivity contribution is 0.168. The molecular formula is C12H13ClN2O. The number of benzene rings is 1. The zero-order valence-corrected chi connectivity index (χ0v) is 9.72. The van der Waals surface area contributed by atoms with E-state index in [4.69, 9.17) is 11.6 Å². The molecule has 0 fully saturated rings. The molecule has 84 valence electrons. The van der Waals surface area contributed by atoms with Gasteiger partial charge in [0.05, 0.1) is 11.8 Å². The number of hydrogen-bond acceptors (Lipinski definition) is 2. The van der Waals surface area contributed by atoms with E-state index in [0.717, 1.165) is 11.3 Å². The maximum absolute atomic E-state index is 10.0. The van der Waals surface area contributed by atoms with Gasteiger partial charge in [-0.05, 0) is 23.8 Å².